The summed E-state index contributed by atoms with van der Waals surface area (Å²) in [6, 6.07) is 7.58. The number of carbonyl (C=O) groups excluding carboxylic acids is 1. The molecule has 7 heteroatoms. The number of hydrogen-bond acceptors (Lipinski definition) is 4. The second-order valence-electron chi connectivity index (χ2n) is 7.59. The van der Waals surface area contributed by atoms with E-state index in [9.17, 15) is 13.2 Å². The van der Waals surface area contributed by atoms with E-state index in [1.807, 2.05) is 30.9 Å². The summed E-state index contributed by atoms with van der Waals surface area (Å²) >= 11 is 0. The molecule has 0 radical (unpaired) electrons. The summed E-state index contributed by atoms with van der Waals surface area (Å²) in [6.07, 6.45) is 4.30. The molecule has 2 heterocycles. The van der Waals surface area contributed by atoms with E-state index in [1.165, 1.54) is 0 Å². The van der Waals surface area contributed by atoms with E-state index in [4.69, 9.17) is 4.74 Å². The molecule has 1 amide bonds. The molecular weight excluding hydrogens is 376 g/mol. The van der Waals surface area contributed by atoms with Crippen molar-refractivity contribution in [1.29, 1.82) is 0 Å². The summed E-state index contributed by atoms with van der Waals surface area (Å²) in [6.45, 7) is 6.18. The van der Waals surface area contributed by atoms with E-state index < -0.39 is 10.0 Å². The fraction of sp³-hybridized carbons (Fsp3) is 0.667. The van der Waals surface area contributed by atoms with E-state index in [1.54, 1.807) is 16.4 Å². The van der Waals surface area contributed by atoms with Gasteiger partial charge in [-0.05, 0) is 43.7 Å². The smallest absolute Gasteiger partial charge is 0.243 e. The molecule has 0 N–H and O–H groups in total. The van der Waals surface area contributed by atoms with Crippen molar-refractivity contribution in [3.8, 4) is 0 Å². The quantitative estimate of drug-likeness (QED) is 0.726. The maximum absolute atomic E-state index is 13.2. The number of aryl methyl sites for hydroxylation is 1. The van der Waals surface area contributed by atoms with Crippen molar-refractivity contribution in [3.63, 3.8) is 0 Å². The predicted octanol–water partition coefficient (Wildman–Crippen LogP) is 2.82. The molecule has 28 heavy (non-hydrogen) atoms. The van der Waals surface area contributed by atoms with E-state index in [2.05, 4.69) is 0 Å². The highest BCUT2D eigenvalue weighted by atomic mass is 32.2. The van der Waals surface area contributed by atoms with Crippen LogP contribution in [0.5, 0.6) is 0 Å². The third-order valence-electron chi connectivity index (χ3n) is 5.96. The normalized spacial score (nSPS) is 20.2. The average molecular weight is 409 g/mol. The second-order valence-corrected chi connectivity index (χ2v) is 9.50. The standard InChI is InChI=1S/C21H32N2O4S/c1-3-17-7-5-6-8-20(17)28(25,26)22-13-9-18(10-14-22)23(21(24)4-2)19-11-15-27-16-12-19/h5-8,18-19H,3-4,9-16H2,1-2H3. The van der Waals surface area contributed by atoms with Gasteiger partial charge < -0.3 is 9.64 Å². The zero-order valence-corrected chi connectivity index (χ0v) is 17.8. The van der Waals surface area contributed by atoms with Gasteiger partial charge in [0.2, 0.25) is 15.9 Å². The minimum absolute atomic E-state index is 0.114. The van der Waals surface area contributed by atoms with Crippen molar-refractivity contribution < 1.29 is 17.9 Å². The van der Waals surface area contributed by atoms with Crippen LogP contribution in [0.1, 0.15) is 51.5 Å². The van der Waals surface area contributed by atoms with Crippen LogP contribution in [-0.2, 0) is 26.0 Å². The number of ether oxygens (including phenoxy) is 1. The van der Waals surface area contributed by atoms with Crippen molar-refractivity contribution >= 4 is 15.9 Å². The Labute approximate surface area is 168 Å². The van der Waals surface area contributed by atoms with Crippen LogP contribution >= 0.6 is 0 Å². The van der Waals surface area contributed by atoms with Gasteiger partial charge in [-0.3, -0.25) is 4.79 Å². The number of benzene rings is 1. The lowest BCUT2D eigenvalue weighted by atomic mass is 9.98. The summed E-state index contributed by atoms with van der Waals surface area (Å²) < 4.78 is 33.4. The molecule has 1 aromatic rings. The predicted molar refractivity (Wildman–Crippen MR) is 109 cm³/mol. The highest BCUT2D eigenvalue weighted by Gasteiger charge is 2.36. The Balaban J connectivity index is 1.72. The van der Waals surface area contributed by atoms with Gasteiger partial charge in [-0.25, -0.2) is 8.42 Å². The van der Waals surface area contributed by atoms with Crippen LogP contribution in [0.4, 0.5) is 0 Å². The van der Waals surface area contributed by atoms with Gasteiger partial charge >= 0.3 is 0 Å². The Hall–Kier alpha value is -1.44. The van der Waals surface area contributed by atoms with Crippen LogP contribution in [-0.4, -0.2) is 61.9 Å². The molecule has 156 valence electrons. The lowest BCUT2D eigenvalue weighted by molar-refractivity contribution is -0.139. The molecule has 0 atom stereocenters. The van der Waals surface area contributed by atoms with Gasteiger partial charge in [-0.2, -0.15) is 4.31 Å². The number of hydrogen-bond donors (Lipinski definition) is 0. The van der Waals surface area contributed by atoms with Crippen molar-refractivity contribution in [2.24, 2.45) is 0 Å². The lowest BCUT2D eigenvalue weighted by Crippen LogP contribution is -2.53. The Kier molecular flexibility index (Phi) is 7.12. The number of rotatable bonds is 6. The number of nitrogens with zero attached hydrogens (tertiary/aromatic N) is 2. The number of amides is 1. The van der Waals surface area contributed by atoms with Gasteiger partial charge in [0.25, 0.3) is 0 Å². The largest absolute Gasteiger partial charge is 0.381 e. The van der Waals surface area contributed by atoms with Crippen LogP contribution in [0.25, 0.3) is 0 Å². The minimum atomic E-state index is -3.49. The maximum atomic E-state index is 13.2. The molecule has 0 saturated carbocycles. The minimum Gasteiger partial charge on any atom is -0.381 e. The fourth-order valence-corrected chi connectivity index (χ4v) is 6.16. The maximum Gasteiger partial charge on any atom is 0.243 e. The summed E-state index contributed by atoms with van der Waals surface area (Å²) in [5.41, 5.74) is 0.856. The average Bonchev–Trinajstić information content (AvgIpc) is 2.75. The van der Waals surface area contributed by atoms with Gasteiger partial charge in [-0.1, -0.05) is 32.0 Å². The Morgan fingerprint density at radius 3 is 2.29 bits per heavy atom. The third-order valence-corrected chi connectivity index (χ3v) is 7.96. The van der Waals surface area contributed by atoms with Crippen molar-refractivity contribution in [2.75, 3.05) is 26.3 Å². The van der Waals surface area contributed by atoms with Crippen molar-refractivity contribution in [1.82, 2.24) is 9.21 Å². The zero-order valence-electron chi connectivity index (χ0n) is 17.0. The first-order valence-corrected chi connectivity index (χ1v) is 11.9. The fourth-order valence-electron chi connectivity index (χ4n) is 4.40. The lowest BCUT2D eigenvalue weighted by Gasteiger charge is -2.43. The molecule has 0 aromatic heterocycles. The molecule has 1 aromatic carbocycles. The Morgan fingerprint density at radius 2 is 1.68 bits per heavy atom. The summed E-state index contributed by atoms with van der Waals surface area (Å²) in [4.78, 5) is 15.1. The topological polar surface area (TPSA) is 66.9 Å². The van der Waals surface area contributed by atoms with E-state index >= 15 is 0 Å². The van der Waals surface area contributed by atoms with Crippen LogP contribution < -0.4 is 0 Å². The highest BCUT2D eigenvalue weighted by Crippen LogP contribution is 2.28. The van der Waals surface area contributed by atoms with Gasteiger partial charge in [-0.15, -0.1) is 0 Å². The first-order chi connectivity index (χ1) is 13.5. The molecule has 2 aliphatic heterocycles. The highest BCUT2D eigenvalue weighted by molar-refractivity contribution is 7.89. The molecule has 3 rings (SSSR count). The molecule has 0 bridgehead atoms. The summed E-state index contributed by atoms with van der Waals surface area (Å²) in [5, 5.41) is 0. The first kappa shape index (κ1) is 21.3. The van der Waals surface area contributed by atoms with Gasteiger partial charge in [0.1, 0.15) is 0 Å². The van der Waals surface area contributed by atoms with Crippen molar-refractivity contribution in [3.05, 3.63) is 29.8 Å². The SMILES string of the molecule is CCC(=O)N(C1CCOCC1)C1CCN(S(=O)(=O)c2ccccc2CC)CC1. The van der Waals surface area contributed by atoms with E-state index in [-0.39, 0.29) is 18.0 Å². The number of carbonyl (C=O) groups is 1. The van der Waals surface area contributed by atoms with Gasteiger partial charge in [0.15, 0.2) is 0 Å². The molecule has 0 aliphatic carbocycles. The van der Waals surface area contributed by atoms with E-state index in [0.29, 0.717) is 56.9 Å². The van der Waals surface area contributed by atoms with Gasteiger partial charge in [0, 0.05) is 44.8 Å². The van der Waals surface area contributed by atoms with Crippen LogP contribution in [0.15, 0.2) is 29.2 Å². The second kappa shape index (κ2) is 9.37. The van der Waals surface area contributed by atoms with Crippen LogP contribution in [0.2, 0.25) is 0 Å². The molecule has 6 nitrogen and oxygen atoms in total. The monoisotopic (exact) mass is 408 g/mol. The van der Waals surface area contributed by atoms with E-state index in [0.717, 1.165) is 18.4 Å². The summed E-state index contributed by atoms with van der Waals surface area (Å²) in [7, 11) is -3.49. The van der Waals surface area contributed by atoms with Crippen LogP contribution in [0, 0.1) is 0 Å². The third kappa shape index (κ3) is 4.42. The molecular formula is C21H32N2O4S. The molecule has 2 saturated heterocycles. The number of piperidine rings is 1. The van der Waals surface area contributed by atoms with Crippen molar-refractivity contribution in [2.45, 2.75) is 69.4 Å². The molecule has 0 spiro atoms. The number of sulfonamides is 1. The molecule has 0 unspecified atom stereocenters. The zero-order chi connectivity index (χ0) is 20.1. The first-order valence-electron chi connectivity index (χ1n) is 10.5. The van der Waals surface area contributed by atoms with Crippen LogP contribution in [0.3, 0.4) is 0 Å². The summed E-state index contributed by atoms with van der Waals surface area (Å²) in [5.74, 6) is 0.171. The molecule has 2 fully saturated rings. The Bertz CT molecular complexity index is 766. The Morgan fingerprint density at radius 1 is 1.07 bits per heavy atom. The van der Waals surface area contributed by atoms with Gasteiger partial charge in [0.05, 0.1) is 4.90 Å². The molecule has 2 aliphatic rings.